The maximum atomic E-state index is 4.60. The third-order valence-corrected chi connectivity index (χ3v) is 4.96. The van der Waals surface area contributed by atoms with Gasteiger partial charge in [-0.2, -0.15) is 0 Å². The molecule has 0 radical (unpaired) electrons. The molecule has 0 aromatic carbocycles. The molecule has 0 unspecified atom stereocenters. The molecule has 0 saturated carbocycles. The van der Waals surface area contributed by atoms with Crippen molar-refractivity contribution in [2.24, 2.45) is 4.99 Å². The highest BCUT2D eigenvalue weighted by Crippen LogP contribution is 2.13. The molecular weight excluding hydrogens is 427 g/mol. The molecule has 0 fully saturated rings. The van der Waals surface area contributed by atoms with Crippen molar-refractivity contribution in [2.45, 2.75) is 33.2 Å². The lowest BCUT2D eigenvalue weighted by Crippen LogP contribution is -2.38. The summed E-state index contributed by atoms with van der Waals surface area (Å²) in [5.74, 6) is 0.873. The highest BCUT2D eigenvalue weighted by molar-refractivity contribution is 14.0. The first-order chi connectivity index (χ1) is 10.3. The van der Waals surface area contributed by atoms with E-state index in [1.54, 1.807) is 22.7 Å². The summed E-state index contributed by atoms with van der Waals surface area (Å²) in [5.41, 5.74) is 0. The summed E-state index contributed by atoms with van der Waals surface area (Å²) in [5, 5.41) is 9.91. The number of aromatic nitrogens is 1. The number of halogens is 1. The molecular formula is C15H23IN4S2. The monoisotopic (exact) mass is 450 g/mol. The van der Waals surface area contributed by atoms with Crippen LogP contribution in [0.15, 0.2) is 28.7 Å². The Hall–Kier alpha value is -0.670. The number of nitrogens with zero attached hydrogens (tertiary/aromatic N) is 2. The van der Waals surface area contributed by atoms with Gasteiger partial charge in [0, 0.05) is 35.5 Å². The summed E-state index contributed by atoms with van der Waals surface area (Å²) >= 11 is 3.54. The molecule has 0 spiro atoms. The van der Waals surface area contributed by atoms with Crippen LogP contribution in [0.5, 0.6) is 0 Å². The minimum Gasteiger partial charge on any atom is -0.357 e. The summed E-state index contributed by atoms with van der Waals surface area (Å²) in [6.07, 6.45) is 3.99. The van der Waals surface area contributed by atoms with Gasteiger partial charge >= 0.3 is 0 Å². The smallest absolute Gasteiger partial charge is 0.191 e. The van der Waals surface area contributed by atoms with Gasteiger partial charge in [0.25, 0.3) is 0 Å². The molecule has 0 aliphatic heterocycles. The average Bonchev–Trinajstić information content (AvgIpc) is 3.16. The fourth-order valence-electron chi connectivity index (χ4n) is 1.82. The van der Waals surface area contributed by atoms with Gasteiger partial charge in [0.2, 0.25) is 0 Å². The van der Waals surface area contributed by atoms with Crippen LogP contribution in [0.3, 0.4) is 0 Å². The topological polar surface area (TPSA) is 49.3 Å². The number of hydrogen-bond donors (Lipinski definition) is 2. The molecule has 0 saturated heterocycles. The quantitative estimate of drug-likeness (QED) is 0.385. The highest BCUT2D eigenvalue weighted by Gasteiger charge is 2.02. The number of rotatable bonds is 7. The van der Waals surface area contributed by atoms with Crippen LogP contribution in [-0.4, -0.2) is 24.0 Å². The molecule has 2 aromatic rings. The molecule has 0 aliphatic rings. The van der Waals surface area contributed by atoms with E-state index in [9.17, 15) is 0 Å². The molecule has 0 atom stereocenters. The minimum atomic E-state index is 0. The Bertz CT molecular complexity index is 552. The lowest BCUT2D eigenvalue weighted by molar-refractivity contribution is 0.797. The number of aryl methyl sites for hydroxylation is 1. The minimum absolute atomic E-state index is 0. The number of guanidine groups is 1. The third-order valence-electron chi connectivity index (χ3n) is 2.90. The first kappa shape index (κ1) is 19.4. The van der Waals surface area contributed by atoms with E-state index in [2.05, 4.69) is 52.0 Å². The molecule has 2 rings (SSSR count). The predicted molar refractivity (Wildman–Crippen MR) is 108 cm³/mol. The molecule has 22 heavy (non-hydrogen) atoms. The summed E-state index contributed by atoms with van der Waals surface area (Å²) in [4.78, 5) is 11.7. The number of nitrogens with one attached hydrogen (secondary N) is 2. The Morgan fingerprint density at radius 1 is 1.27 bits per heavy atom. The van der Waals surface area contributed by atoms with E-state index in [0.717, 1.165) is 38.4 Å². The van der Waals surface area contributed by atoms with Crippen molar-refractivity contribution in [1.29, 1.82) is 0 Å². The lowest BCUT2D eigenvalue weighted by atomic mass is 10.4. The van der Waals surface area contributed by atoms with Crippen molar-refractivity contribution in [1.82, 2.24) is 15.6 Å². The zero-order chi connectivity index (χ0) is 14.9. The fourth-order valence-corrected chi connectivity index (χ4v) is 3.31. The van der Waals surface area contributed by atoms with Crippen molar-refractivity contribution in [3.05, 3.63) is 38.5 Å². The zero-order valence-corrected chi connectivity index (χ0v) is 16.9. The Labute approximate surface area is 157 Å². The molecule has 2 N–H and O–H groups in total. The van der Waals surface area contributed by atoms with E-state index in [0.29, 0.717) is 0 Å². The van der Waals surface area contributed by atoms with Crippen LogP contribution in [0.25, 0.3) is 0 Å². The van der Waals surface area contributed by atoms with Crippen LogP contribution in [0, 0.1) is 0 Å². The van der Waals surface area contributed by atoms with Crippen molar-refractivity contribution in [3.63, 3.8) is 0 Å². The maximum absolute atomic E-state index is 4.60. The van der Waals surface area contributed by atoms with Gasteiger partial charge in [-0.3, -0.25) is 0 Å². The molecule has 7 heteroatoms. The van der Waals surface area contributed by atoms with Crippen LogP contribution in [0.1, 0.15) is 28.6 Å². The van der Waals surface area contributed by atoms with E-state index < -0.39 is 0 Å². The van der Waals surface area contributed by atoms with Crippen LogP contribution in [0.2, 0.25) is 0 Å². The van der Waals surface area contributed by atoms with Crippen molar-refractivity contribution >= 4 is 52.6 Å². The molecule has 0 amide bonds. The van der Waals surface area contributed by atoms with Crippen molar-refractivity contribution in [2.75, 3.05) is 13.1 Å². The number of thiazole rings is 1. The largest absolute Gasteiger partial charge is 0.357 e. The number of thiophene rings is 1. The first-order valence-electron chi connectivity index (χ1n) is 7.30. The normalized spacial score (nSPS) is 11.1. The van der Waals surface area contributed by atoms with E-state index in [1.165, 1.54) is 14.8 Å². The van der Waals surface area contributed by atoms with Gasteiger partial charge in [0.15, 0.2) is 5.96 Å². The van der Waals surface area contributed by atoms with Crippen LogP contribution in [-0.2, 0) is 19.4 Å². The Morgan fingerprint density at radius 2 is 2.14 bits per heavy atom. The molecule has 122 valence electrons. The molecule has 2 heterocycles. The second kappa shape index (κ2) is 11.0. The highest BCUT2D eigenvalue weighted by atomic mass is 127. The van der Waals surface area contributed by atoms with E-state index in [4.69, 9.17) is 0 Å². The van der Waals surface area contributed by atoms with Crippen molar-refractivity contribution in [3.8, 4) is 0 Å². The summed E-state index contributed by atoms with van der Waals surface area (Å²) in [6, 6.07) is 4.17. The maximum Gasteiger partial charge on any atom is 0.191 e. The standard InChI is InChI=1S/C15H22N4S2.HI/c1-3-12-10-18-14(21-12)7-8-17-15(16-4-2)19-11-13-6-5-9-20-13;/h5-6,9-10H,3-4,7-8,11H2,1-2H3,(H2,16,17,19);1H. The Kier molecular flexibility index (Phi) is 9.65. The summed E-state index contributed by atoms with van der Waals surface area (Å²) in [6.45, 7) is 6.69. The van der Waals surface area contributed by atoms with Crippen molar-refractivity contribution < 1.29 is 0 Å². The summed E-state index contributed by atoms with van der Waals surface area (Å²) < 4.78 is 0. The van der Waals surface area contributed by atoms with Gasteiger partial charge in [-0.25, -0.2) is 9.98 Å². The molecule has 0 aliphatic carbocycles. The number of aliphatic imine (C=N–C) groups is 1. The molecule has 2 aromatic heterocycles. The van der Waals surface area contributed by atoms with Gasteiger partial charge in [0.05, 0.1) is 11.6 Å². The van der Waals surface area contributed by atoms with Gasteiger partial charge in [0.1, 0.15) is 0 Å². The van der Waals surface area contributed by atoms with Gasteiger partial charge in [-0.15, -0.1) is 46.7 Å². The summed E-state index contributed by atoms with van der Waals surface area (Å²) in [7, 11) is 0. The fraction of sp³-hybridized carbons (Fsp3) is 0.467. The SMILES string of the molecule is CCNC(=NCc1cccs1)NCCc1ncc(CC)s1.I. The van der Waals surface area contributed by atoms with E-state index >= 15 is 0 Å². The third kappa shape index (κ3) is 6.62. The Morgan fingerprint density at radius 3 is 2.77 bits per heavy atom. The predicted octanol–water partition coefficient (Wildman–Crippen LogP) is 3.68. The lowest BCUT2D eigenvalue weighted by Gasteiger charge is -2.10. The number of hydrogen-bond acceptors (Lipinski definition) is 4. The van der Waals surface area contributed by atoms with Gasteiger partial charge in [-0.1, -0.05) is 13.0 Å². The van der Waals surface area contributed by atoms with Crippen LogP contribution < -0.4 is 10.6 Å². The van der Waals surface area contributed by atoms with Crippen LogP contribution in [0.4, 0.5) is 0 Å². The Balaban J connectivity index is 0.00000242. The van der Waals surface area contributed by atoms with Gasteiger partial charge < -0.3 is 10.6 Å². The average molecular weight is 450 g/mol. The first-order valence-corrected chi connectivity index (χ1v) is 8.99. The molecule has 4 nitrogen and oxygen atoms in total. The second-order valence-corrected chi connectivity index (χ2v) is 6.76. The van der Waals surface area contributed by atoms with E-state index in [-0.39, 0.29) is 24.0 Å². The second-order valence-electron chi connectivity index (χ2n) is 4.53. The van der Waals surface area contributed by atoms with E-state index in [1.807, 2.05) is 6.20 Å². The van der Waals surface area contributed by atoms with Gasteiger partial charge in [-0.05, 0) is 24.8 Å². The van der Waals surface area contributed by atoms with Crippen LogP contribution >= 0.6 is 46.7 Å². The molecule has 0 bridgehead atoms. The zero-order valence-electron chi connectivity index (χ0n) is 13.0.